The lowest BCUT2D eigenvalue weighted by atomic mass is 10.1. The molecule has 1 heterocycles. The van der Waals surface area contributed by atoms with Gasteiger partial charge in [0.15, 0.2) is 0 Å². The van der Waals surface area contributed by atoms with Gasteiger partial charge in [-0.05, 0) is 38.2 Å². The maximum atomic E-state index is 12.2. The van der Waals surface area contributed by atoms with Crippen molar-refractivity contribution in [2.45, 2.75) is 6.42 Å². The number of amides is 2. The number of hydrogen-bond donors (Lipinski definition) is 1. The van der Waals surface area contributed by atoms with E-state index < -0.39 is 0 Å². The van der Waals surface area contributed by atoms with E-state index in [2.05, 4.69) is 29.2 Å². The minimum atomic E-state index is 0.0516. The van der Waals surface area contributed by atoms with Gasteiger partial charge in [0.25, 0.3) is 0 Å². The third-order valence-corrected chi connectivity index (χ3v) is 4.37. The number of methoxy groups -OCH3 is 1. The third kappa shape index (κ3) is 6.02. The largest absolute Gasteiger partial charge is 0.497 e. The van der Waals surface area contributed by atoms with Crippen LogP contribution in [0.4, 0.5) is 4.79 Å². The lowest BCUT2D eigenvalue weighted by Crippen LogP contribution is -2.52. The summed E-state index contributed by atoms with van der Waals surface area (Å²) >= 11 is 0. The highest BCUT2D eigenvalue weighted by Gasteiger charge is 2.20. The molecular formula is C18H30N4O2. The van der Waals surface area contributed by atoms with E-state index in [9.17, 15) is 4.79 Å². The predicted molar refractivity (Wildman–Crippen MR) is 96.7 cm³/mol. The Hall–Kier alpha value is -1.79. The summed E-state index contributed by atoms with van der Waals surface area (Å²) < 4.78 is 5.15. The second-order valence-corrected chi connectivity index (χ2v) is 6.46. The average molecular weight is 334 g/mol. The standard InChI is InChI=1S/C18H30N4O2/c1-20(2)10-11-21-12-14-22(15-13-21)18(23)19-9-8-16-4-6-17(24-3)7-5-16/h4-7H,8-15H2,1-3H3,(H,19,23). The van der Waals surface area contributed by atoms with Gasteiger partial charge < -0.3 is 19.9 Å². The molecule has 2 rings (SSSR count). The van der Waals surface area contributed by atoms with Crippen LogP contribution in [-0.4, -0.2) is 87.7 Å². The molecule has 0 aromatic heterocycles. The molecule has 2 amide bonds. The maximum absolute atomic E-state index is 12.2. The molecule has 0 saturated carbocycles. The van der Waals surface area contributed by atoms with Gasteiger partial charge >= 0.3 is 6.03 Å². The van der Waals surface area contributed by atoms with E-state index in [1.54, 1.807) is 7.11 Å². The Labute approximate surface area is 145 Å². The fourth-order valence-corrected chi connectivity index (χ4v) is 2.73. The number of piperazine rings is 1. The Bertz CT molecular complexity index is 496. The van der Waals surface area contributed by atoms with Crippen LogP contribution in [0.25, 0.3) is 0 Å². The van der Waals surface area contributed by atoms with Gasteiger partial charge in [-0.15, -0.1) is 0 Å². The summed E-state index contributed by atoms with van der Waals surface area (Å²) in [5.41, 5.74) is 1.20. The van der Waals surface area contributed by atoms with Crippen molar-refractivity contribution in [2.24, 2.45) is 0 Å². The minimum absolute atomic E-state index is 0.0516. The lowest BCUT2D eigenvalue weighted by Gasteiger charge is -2.35. The number of likely N-dealkylation sites (N-methyl/N-ethyl adjacent to an activating group) is 1. The SMILES string of the molecule is COc1ccc(CCNC(=O)N2CCN(CCN(C)C)CC2)cc1. The topological polar surface area (TPSA) is 48.1 Å². The molecule has 24 heavy (non-hydrogen) atoms. The van der Waals surface area contributed by atoms with E-state index >= 15 is 0 Å². The molecule has 0 radical (unpaired) electrons. The highest BCUT2D eigenvalue weighted by atomic mass is 16.5. The van der Waals surface area contributed by atoms with Crippen LogP contribution in [-0.2, 0) is 6.42 Å². The van der Waals surface area contributed by atoms with Gasteiger partial charge in [0.2, 0.25) is 0 Å². The number of urea groups is 1. The van der Waals surface area contributed by atoms with Crippen LogP contribution in [0.2, 0.25) is 0 Å². The maximum Gasteiger partial charge on any atom is 0.317 e. The van der Waals surface area contributed by atoms with E-state index in [0.717, 1.165) is 51.4 Å². The highest BCUT2D eigenvalue weighted by molar-refractivity contribution is 5.74. The predicted octanol–water partition coefficient (Wildman–Crippen LogP) is 1.13. The van der Waals surface area contributed by atoms with Gasteiger partial charge in [-0.2, -0.15) is 0 Å². The smallest absolute Gasteiger partial charge is 0.317 e. The van der Waals surface area contributed by atoms with Gasteiger partial charge in [-0.25, -0.2) is 4.79 Å². The fourth-order valence-electron chi connectivity index (χ4n) is 2.73. The van der Waals surface area contributed by atoms with Crippen molar-refractivity contribution in [1.82, 2.24) is 20.0 Å². The molecule has 1 fully saturated rings. The molecule has 0 spiro atoms. The number of ether oxygens (including phenoxy) is 1. The van der Waals surface area contributed by atoms with Gasteiger partial charge in [0, 0.05) is 45.8 Å². The summed E-state index contributed by atoms with van der Waals surface area (Å²) in [7, 11) is 5.84. The molecule has 1 saturated heterocycles. The highest BCUT2D eigenvalue weighted by Crippen LogP contribution is 2.11. The first-order valence-corrected chi connectivity index (χ1v) is 8.61. The van der Waals surface area contributed by atoms with Crippen LogP contribution in [0.15, 0.2) is 24.3 Å². The molecule has 0 unspecified atom stereocenters. The number of carbonyl (C=O) groups is 1. The van der Waals surface area contributed by atoms with Gasteiger partial charge in [-0.1, -0.05) is 12.1 Å². The van der Waals surface area contributed by atoms with E-state index in [1.807, 2.05) is 29.2 Å². The molecule has 6 nitrogen and oxygen atoms in total. The van der Waals surface area contributed by atoms with Crippen molar-refractivity contribution >= 4 is 6.03 Å². The third-order valence-electron chi connectivity index (χ3n) is 4.37. The summed E-state index contributed by atoms with van der Waals surface area (Å²) in [6, 6.07) is 8.02. The molecule has 0 aliphatic carbocycles. The Balaban J connectivity index is 1.64. The van der Waals surface area contributed by atoms with Crippen molar-refractivity contribution in [3.8, 4) is 5.75 Å². The second kappa shape index (κ2) is 9.49. The van der Waals surface area contributed by atoms with E-state index in [1.165, 1.54) is 5.56 Å². The number of nitrogens with zero attached hydrogens (tertiary/aromatic N) is 3. The number of nitrogens with one attached hydrogen (secondary N) is 1. The number of carbonyl (C=O) groups excluding carboxylic acids is 1. The van der Waals surface area contributed by atoms with Crippen molar-refractivity contribution in [2.75, 3.05) is 67.0 Å². The van der Waals surface area contributed by atoms with E-state index in [4.69, 9.17) is 4.74 Å². The number of rotatable bonds is 7. The minimum Gasteiger partial charge on any atom is -0.497 e. The quantitative estimate of drug-likeness (QED) is 0.812. The second-order valence-electron chi connectivity index (χ2n) is 6.46. The first-order valence-electron chi connectivity index (χ1n) is 8.61. The Morgan fingerprint density at radius 2 is 1.83 bits per heavy atom. The van der Waals surface area contributed by atoms with Crippen LogP contribution < -0.4 is 10.1 Å². The lowest BCUT2D eigenvalue weighted by molar-refractivity contribution is 0.133. The summed E-state index contributed by atoms with van der Waals surface area (Å²) in [6.07, 6.45) is 0.832. The van der Waals surface area contributed by atoms with Crippen molar-refractivity contribution in [1.29, 1.82) is 0 Å². The van der Waals surface area contributed by atoms with Gasteiger partial charge in [0.1, 0.15) is 5.75 Å². The van der Waals surface area contributed by atoms with Crippen LogP contribution >= 0.6 is 0 Å². The van der Waals surface area contributed by atoms with Crippen molar-refractivity contribution in [3.05, 3.63) is 29.8 Å². The Morgan fingerprint density at radius 3 is 2.42 bits per heavy atom. The molecule has 1 N–H and O–H groups in total. The van der Waals surface area contributed by atoms with Crippen molar-refractivity contribution in [3.63, 3.8) is 0 Å². The molecule has 0 bridgehead atoms. The average Bonchev–Trinajstić information content (AvgIpc) is 2.61. The first-order chi connectivity index (χ1) is 11.6. The summed E-state index contributed by atoms with van der Waals surface area (Å²) in [4.78, 5) is 18.8. The van der Waals surface area contributed by atoms with Crippen LogP contribution in [0.3, 0.4) is 0 Å². The van der Waals surface area contributed by atoms with Gasteiger partial charge in [0.05, 0.1) is 7.11 Å². The molecular weight excluding hydrogens is 304 g/mol. The van der Waals surface area contributed by atoms with Gasteiger partial charge in [-0.3, -0.25) is 4.90 Å². The molecule has 1 aromatic rings. The van der Waals surface area contributed by atoms with Crippen LogP contribution in [0.1, 0.15) is 5.56 Å². The summed E-state index contributed by atoms with van der Waals surface area (Å²) in [5.74, 6) is 0.856. The molecule has 1 aromatic carbocycles. The monoisotopic (exact) mass is 334 g/mol. The Kier molecular flexibility index (Phi) is 7.34. The molecule has 0 atom stereocenters. The number of hydrogen-bond acceptors (Lipinski definition) is 4. The van der Waals surface area contributed by atoms with Crippen LogP contribution in [0, 0.1) is 0 Å². The molecule has 1 aliphatic heterocycles. The zero-order valence-corrected chi connectivity index (χ0v) is 15.1. The summed E-state index contributed by atoms with van der Waals surface area (Å²) in [5, 5.41) is 3.02. The van der Waals surface area contributed by atoms with E-state index in [-0.39, 0.29) is 6.03 Å². The van der Waals surface area contributed by atoms with E-state index in [0.29, 0.717) is 6.54 Å². The zero-order chi connectivity index (χ0) is 17.4. The zero-order valence-electron chi connectivity index (χ0n) is 15.1. The Morgan fingerprint density at radius 1 is 1.17 bits per heavy atom. The van der Waals surface area contributed by atoms with Crippen molar-refractivity contribution < 1.29 is 9.53 Å². The van der Waals surface area contributed by atoms with Crippen LogP contribution in [0.5, 0.6) is 5.75 Å². The fraction of sp³-hybridized carbons (Fsp3) is 0.611. The molecule has 134 valence electrons. The molecule has 6 heteroatoms. The first kappa shape index (κ1) is 18.5. The summed E-state index contributed by atoms with van der Waals surface area (Å²) in [6.45, 7) is 6.32. The molecule has 1 aliphatic rings. The normalized spacial score (nSPS) is 15.6. The number of benzene rings is 1.